The highest BCUT2D eigenvalue weighted by atomic mass is 16.5. The number of aliphatic carboxylic acids is 1. The predicted molar refractivity (Wildman–Crippen MR) is 58.7 cm³/mol. The average molecular weight is 225 g/mol. The Bertz CT molecular complexity index is 378. The lowest BCUT2D eigenvalue weighted by Gasteiger charge is -2.14. The number of carbonyl (C=O) groups is 1. The van der Waals surface area contributed by atoms with E-state index in [2.05, 4.69) is 0 Å². The van der Waals surface area contributed by atoms with Crippen molar-refractivity contribution in [1.29, 1.82) is 0 Å². The summed E-state index contributed by atoms with van der Waals surface area (Å²) in [5.41, 5.74) is 6.27. The van der Waals surface area contributed by atoms with Crippen molar-refractivity contribution in [2.75, 3.05) is 13.7 Å². The molecule has 0 saturated carbocycles. The van der Waals surface area contributed by atoms with Gasteiger partial charge in [-0.3, -0.25) is 4.79 Å². The van der Waals surface area contributed by atoms with Crippen molar-refractivity contribution < 1.29 is 19.7 Å². The summed E-state index contributed by atoms with van der Waals surface area (Å²) in [6.45, 7) is 0.236. The lowest BCUT2D eigenvalue weighted by atomic mass is 9.95. The molecule has 0 unspecified atom stereocenters. The van der Waals surface area contributed by atoms with Crippen LogP contribution in [0.5, 0.6) is 11.5 Å². The maximum atomic E-state index is 10.6. The van der Waals surface area contributed by atoms with E-state index in [9.17, 15) is 9.90 Å². The van der Waals surface area contributed by atoms with E-state index in [1.807, 2.05) is 0 Å². The van der Waals surface area contributed by atoms with Crippen LogP contribution in [0.3, 0.4) is 0 Å². The van der Waals surface area contributed by atoms with Gasteiger partial charge in [-0.05, 0) is 24.2 Å². The fourth-order valence-electron chi connectivity index (χ4n) is 1.50. The molecule has 1 aromatic carbocycles. The van der Waals surface area contributed by atoms with Crippen LogP contribution in [0, 0.1) is 0 Å². The first-order chi connectivity index (χ1) is 7.58. The Morgan fingerprint density at radius 3 is 2.75 bits per heavy atom. The van der Waals surface area contributed by atoms with Crippen LogP contribution in [0.25, 0.3) is 0 Å². The SMILES string of the molecule is COc1cc([C@H](CN)CC(=O)O)ccc1O. The van der Waals surface area contributed by atoms with Crippen LogP contribution < -0.4 is 10.5 Å². The molecule has 0 bridgehead atoms. The molecule has 5 nitrogen and oxygen atoms in total. The van der Waals surface area contributed by atoms with E-state index < -0.39 is 5.97 Å². The molecular formula is C11H15NO4. The lowest BCUT2D eigenvalue weighted by molar-refractivity contribution is -0.137. The van der Waals surface area contributed by atoms with Crippen molar-refractivity contribution in [1.82, 2.24) is 0 Å². The zero-order chi connectivity index (χ0) is 12.1. The van der Waals surface area contributed by atoms with Gasteiger partial charge in [0.2, 0.25) is 0 Å². The normalized spacial score (nSPS) is 12.1. The second kappa shape index (κ2) is 5.37. The number of hydrogen-bond donors (Lipinski definition) is 3. The first-order valence-corrected chi connectivity index (χ1v) is 4.87. The molecule has 5 heteroatoms. The van der Waals surface area contributed by atoms with Gasteiger partial charge in [0, 0.05) is 5.92 Å². The summed E-state index contributed by atoms with van der Waals surface area (Å²) in [6, 6.07) is 4.73. The largest absolute Gasteiger partial charge is 0.504 e. The van der Waals surface area contributed by atoms with Crippen molar-refractivity contribution in [3.8, 4) is 11.5 Å². The molecule has 4 N–H and O–H groups in total. The molecule has 0 radical (unpaired) electrons. The maximum Gasteiger partial charge on any atom is 0.304 e. The number of carboxylic acid groups (broad SMARTS) is 1. The zero-order valence-electron chi connectivity index (χ0n) is 9.01. The summed E-state index contributed by atoms with van der Waals surface area (Å²) >= 11 is 0. The number of methoxy groups -OCH3 is 1. The molecule has 16 heavy (non-hydrogen) atoms. The molecule has 0 aromatic heterocycles. The van der Waals surface area contributed by atoms with Crippen LogP contribution in [-0.2, 0) is 4.79 Å². The molecule has 0 aliphatic heterocycles. The van der Waals surface area contributed by atoms with Crippen LogP contribution in [0.2, 0.25) is 0 Å². The Kier molecular flexibility index (Phi) is 4.13. The van der Waals surface area contributed by atoms with Gasteiger partial charge in [-0.1, -0.05) is 6.07 Å². The van der Waals surface area contributed by atoms with E-state index in [0.717, 1.165) is 5.56 Å². The fourth-order valence-corrected chi connectivity index (χ4v) is 1.50. The summed E-state index contributed by atoms with van der Waals surface area (Å²) in [7, 11) is 1.44. The molecule has 0 heterocycles. The summed E-state index contributed by atoms with van der Waals surface area (Å²) in [5.74, 6) is -0.826. The molecule has 0 aliphatic rings. The van der Waals surface area contributed by atoms with Gasteiger partial charge in [-0.15, -0.1) is 0 Å². The van der Waals surface area contributed by atoms with E-state index in [0.29, 0.717) is 5.75 Å². The zero-order valence-corrected chi connectivity index (χ0v) is 9.01. The Balaban J connectivity index is 2.96. The number of carboxylic acids is 1. The first-order valence-electron chi connectivity index (χ1n) is 4.87. The van der Waals surface area contributed by atoms with Crippen LogP contribution in [0.4, 0.5) is 0 Å². The van der Waals surface area contributed by atoms with Crippen LogP contribution >= 0.6 is 0 Å². The Labute approximate surface area is 93.5 Å². The van der Waals surface area contributed by atoms with E-state index in [1.165, 1.54) is 13.2 Å². The van der Waals surface area contributed by atoms with Gasteiger partial charge in [0.25, 0.3) is 0 Å². The van der Waals surface area contributed by atoms with Crippen LogP contribution in [0.1, 0.15) is 17.9 Å². The second-order valence-electron chi connectivity index (χ2n) is 3.46. The number of phenols is 1. The highest BCUT2D eigenvalue weighted by Crippen LogP contribution is 2.30. The molecule has 1 rings (SSSR count). The quantitative estimate of drug-likeness (QED) is 0.692. The smallest absolute Gasteiger partial charge is 0.304 e. The second-order valence-corrected chi connectivity index (χ2v) is 3.46. The lowest BCUT2D eigenvalue weighted by Crippen LogP contribution is -2.16. The third kappa shape index (κ3) is 2.87. The van der Waals surface area contributed by atoms with Crippen molar-refractivity contribution in [2.45, 2.75) is 12.3 Å². The monoisotopic (exact) mass is 225 g/mol. The molecule has 0 aliphatic carbocycles. The fraction of sp³-hybridized carbons (Fsp3) is 0.364. The minimum atomic E-state index is -0.900. The van der Waals surface area contributed by atoms with Gasteiger partial charge in [0.05, 0.1) is 13.5 Å². The van der Waals surface area contributed by atoms with Gasteiger partial charge >= 0.3 is 5.97 Å². The average Bonchev–Trinajstić information content (AvgIpc) is 2.26. The van der Waals surface area contributed by atoms with Crippen molar-refractivity contribution in [3.05, 3.63) is 23.8 Å². The molecule has 1 atom stereocenters. The van der Waals surface area contributed by atoms with E-state index in [1.54, 1.807) is 12.1 Å². The van der Waals surface area contributed by atoms with E-state index in [-0.39, 0.29) is 24.6 Å². The van der Waals surface area contributed by atoms with Gasteiger partial charge in [0.15, 0.2) is 11.5 Å². The van der Waals surface area contributed by atoms with Gasteiger partial charge in [-0.25, -0.2) is 0 Å². The van der Waals surface area contributed by atoms with Crippen molar-refractivity contribution in [3.63, 3.8) is 0 Å². The van der Waals surface area contributed by atoms with Crippen molar-refractivity contribution >= 4 is 5.97 Å². The number of phenolic OH excluding ortho intramolecular Hbond substituents is 1. The molecule has 0 saturated heterocycles. The molecule has 1 aromatic rings. The maximum absolute atomic E-state index is 10.6. The Morgan fingerprint density at radius 1 is 1.56 bits per heavy atom. The van der Waals surface area contributed by atoms with Gasteiger partial charge in [-0.2, -0.15) is 0 Å². The number of hydrogen-bond acceptors (Lipinski definition) is 4. The van der Waals surface area contributed by atoms with Crippen LogP contribution in [-0.4, -0.2) is 29.8 Å². The highest BCUT2D eigenvalue weighted by molar-refractivity contribution is 5.68. The van der Waals surface area contributed by atoms with Crippen LogP contribution in [0.15, 0.2) is 18.2 Å². The first kappa shape index (κ1) is 12.3. The minimum absolute atomic E-state index is 0.0253. The molecule has 88 valence electrons. The topological polar surface area (TPSA) is 92.8 Å². The predicted octanol–water partition coefficient (Wildman–Crippen LogP) is 0.918. The Morgan fingerprint density at radius 2 is 2.25 bits per heavy atom. The summed E-state index contributed by atoms with van der Waals surface area (Å²) < 4.78 is 4.95. The summed E-state index contributed by atoms with van der Waals surface area (Å²) in [5, 5.41) is 18.1. The third-order valence-electron chi connectivity index (χ3n) is 2.38. The van der Waals surface area contributed by atoms with Gasteiger partial charge in [0.1, 0.15) is 0 Å². The standard InChI is InChI=1S/C11H15NO4/c1-16-10-4-7(2-3-9(10)13)8(6-12)5-11(14)15/h2-4,8,13H,5-6,12H2,1H3,(H,14,15)/t8-/m0/s1. The summed E-state index contributed by atoms with van der Waals surface area (Å²) in [4.78, 5) is 10.6. The molecule has 0 spiro atoms. The molecule has 0 amide bonds. The third-order valence-corrected chi connectivity index (χ3v) is 2.38. The number of aromatic hydroxyl groups is 1. The van der Waals surface area contributed by atoms with E-state index in [4.69, 9.17) is 15.6 Å². The number of nitrogens with two attached hydrogens (primary N) is 1. The Hall–Kier alpha value is -1.75. The number of ether oxygens (including phenoxy) is 1. The summed E-state index contributed by atoms with van der Waals surface area (Å²) in [6.07, 6.45) is -0.0373. The van der Waals surface area contributed by atoms with Crippen molar-refractivity contribution in [2.24, 2.45) is 5.73 Å². The number of benzene rings is 1. The minimum Gasteiger partial charge on any atom is -0.504 e. The van der Waals surface area contributed by atoms with Gasteiger partial charge < -0.3 is 20.7 Å². The molecular weight excluding hydrogens is 210 g/mol. The number of rotatable bonds is 5. The van der Waals surface area contributed by atoms with E-state index >= 15 is 0 Å². The molecule has 0 fully saturated rings. The highest BCUT2D eigenvalue weighted by Gasteiger charge is 2.15.